The van der Waals surface area contributed by atoms with Gasteiger partial charge in [0, 0.05) is 25.4 Å². The fraction of sp³-hybridized carbons (Fsp3) is 0.500. The first-order valence-corrected chi connectivity index (χ1v) is 7.44. The van der Waals surface area contributed by atoms with Crippen LogP contribution in [0.4, 0.5) is 0 Å². The Morgan fingerprint density at radius 2 is 1.90 bits per heavy atom. The zero-order chi connectivity index (χ0) is 15.1. The van der Waals surface area contributed by atoms with Crippen molar-refractivity contribution >= 4 is 11.9 Å². The van der Waals surface area contributed by atoms with Crippen LogP contribution in [0.25, 0.3) is 0 Å². The molecule has 114 valence electrons. The first-order valence-electron chi connectivity index (χ1n) is 7.44. The maximum Gasteiger partial charge on any atom is 0.303 e. The van der Waals surface area contributed by atoms with Crippen molar-refractivity contribution in [1.82, 2.24) is 10.6 Å². The molecule has 0 aromatic heterocycles. The Morgan fingerprint density at radius 3 is 2.52 bits per heavy atom. The van der Waals surface area contributed by atoms with Crippen LogP contribution >= 0.6 is 0 Å². The molecule has 1 atom stereocenters. The lowest BCUT2D eigenvalue weighted by Crippen LogP contribution is -2.32. The van der Waals surface area contributed by atoms with Crippen molar-refractivity contribution in [2.45, 2.75) is 44.2 Å². The van der Waals surface area contributed by atoms with Crippen LogP contribution in [0.1, 0.15) is 43.7 Å². The minimum Gasteiger partial charge on any atom is -0.481 e. The first kappa shape index (κ1) is 15.5. The predicted molar refractivity (Wildman–Crippen MR) is 79.8 cm³/mol. The highest BCUT2D eigenvalue weighted by Crippen LogP contribution is 2.19. The van der Waals surface area contributed by atoms with Crippen LogP contribution in [-0.4, -0.2) is 29.6 Å². The molecule has 0 spiro atoms. The van der Waals surface area contributed by atoms with E-state index in [0.29, 0.717) is 25.4 Å². The Morgan fingerprint density at radius 1 is 1.19 bits per heavy atom. The van der Waals surface area contributed by atoms with Gasteiger partial charge in [-0.1, -0.05) is 30.3 Å². The number of rotatable bonds is 9. The zero-order valence-corrected chi connectivity index (χ0v) is 12.0. The van der Waals surface area contributed by atoms with Gasteiger partial charge in [0.25, 0.3) is 0 Å². The summed E-state index contributed by atoms with van der Waals surface area (Å²) in [5, 5.41) is 15.1. The second kappa shape index (κ2) is 7.78. The summed E-state index contributed by atoms with van der Waals surface area (Å²) in [6.07, 6.45) is 3.27. The molecule has 1 aliphatic rings. The molecule has 1 fully saturated rings. The highest BCUT2D eigenvalue weighted by molar-refractivity contribution is 5.76. The number of hydrogen-bond acceptors (Lipinski definition) is 3. The third kappa shape index (κ3) is 5.95. The molecular weight excluding hydrogens is 268 g/mol. The highest BCUT2D eigenvalue weighted by Gasteiger charge is 2.21. The molecule has 5 nitrogen and oxygen atoms in total. The van der Waals surface area contributed by atoms with Gasteiger partial charge in [-0.25, -0.2) is 0 Å². The number of carbonyl (C=O) groups is 2. The molecule has 2 rings (SSSR count). The van der Waals surface area contributed by atoms with Gasteiger partial charge in [-0.3, -0.25) is 9.59 Å². The van der Waals surface area contributed by atoms with Gasteiger partial charge >= 0.3 is 5.97 Å². The van der Waals surface area contributed by atoms with Crippen molar-refractivity contribution in [3.8, 4) is 0 Å². The summed E-state index contributed by atoms with van der Waals surface area (Å²) >= 11 is 0. The largest absolute Gasteiger partial charge is 0.481 e. The predicted octanol–water partition coefficient (Wildman–Crippen LogP) is 1.85. The number of benzene rings is 1. The van der Waals surface area contributed by atoms with Gasteiger partial charge in [-0.2, -0.15) is 0 Å². The van der Waals surface area contributed by atoms with Crippen LogP contribution in [-0.2, 0) is 9.59 Å². The van der Waals surface area contributed by atoms with Gasteiger partial charge in [0.05, 0.1) is 6.04 Å². The Bertz CT molecular complexity index is 472. The highest BCUT2D eigenvalue weighted by atomic mass is 16.4. The maximum absolute atomic E-state index is 12.0. The number of carbonyl (C=O) groups excluding carboxylic acids is 1. The normalized spacial score (nSPS) is 15.4. The smallest absolute Gasteiger partial charge is 0.303 e. The van der Waals surface area contributed by atoms with E-state index in [1.54, 1.807) is 0 Å². The van der Waals surface area contributed by atoms with Crippen LogP contribution in [0.2, 0.25) is 0 Å². The fourth-order valence-electron chi connectivity index (χ4n) is 2.22. The van der Waals surface area contributed by atoms with Crippen LogP contribution in [0, 0.1) is 0 Å². The summed E-state index contributed by atoms with van der Waals surface area (Å²) in [6, 6.07) is 9.86. The van der Waals surface area contributed by atoms with Gasteiger partial charge in [0.15, 0.2) is 0 Å². The summed E-state index contributed by atoms with van der Waals surface area (Å²) < 4.78 is 0. The van der Waals surface area contributed by atoms with E-state index in [1.165, 1.54) is 12.8 Å². The minimum atomic E-state index is -0.847. The molecule has 0 aliphatic heterocycles. The van der Waals surface area contributed by atoms with Gasteiger partial charge in [-0.15, -0.1) is 0 Å². The standard InChI is InChI=1S/C16H22N2O3/c19-15(10-11-17-13-6-7-13)18-14(8-9-16(20)21)12-4-2-1-3-5-12/h1-5,13-14,17H,6-11H2,(H,18,19)(H,20,21). The summed E-state index contributed by atoms with van der Waals surface area (Å²) in [6.45, 7) is 0.678. The number of nitrogens with one attached hydrogen (secondary N) is 2. The Balaban J connectivity index is 1.84. The molecule has 21 heavy (non-hydrogen) atoms. The second-order valence-corrected chi connectivity index (χ2v) is 5.44. The lowest BCUT2D eigenvalue weighted by molar-refractivity contribution is -0.137. The summed E-state index contributed by atoms with van der Waals surface area (Å²) in [5.41, 5.74) is 0.947. The quantitative estimate of drug-likeness (QED) is 0.648. The van der Waals surface area contributed by atoms with Crippen LogP contribution in [0.3, 0.4) is 0 Å². The van der Waals surface area contributed by atoms with Crippen LogP contribution in [0.15, 0.2) is 30.3 Å². The number of amides is 1. The van der Waals surface area contributed by atoms with Crippen molar-refractivity contribution in [3.05, 3.63) is 35.9 Å². The van der Waals surface area contributed by atoms with E-state index >= 15 is 0 Å². The molecular formula is C16H22N2O3. The molecule has 0 heterocycles. The topological polar surface area (TPSA) is 78.4 Å². The third-order valence-corrected chi connectivity index (χ3v) is 3.55. The molecule has 3 N–H and O–H groups in total. The lowest BCUT2D eigenvalue weighted by Gasteiger charge is -2.18. The minimum absolute atomic E-state index is 0.0395. The zero-order valence-electron chi connectivity index (χ0n) is 12.0. The average Bonchev–Trinajstić information content (AvgIpc) is 3.28. The number of aliphatic carboxylic acids is 1. The molecule has 1 aromatic carbocycles. The van der Waals surface area contributed by atoms with Crippen molar-refractivity contribution in [2.75, 3.05) is 6.54 Å². The van der Waals surface area contributed by atoms with Crippen LogP contribution < -0.4 is 10.6 Å². The Labute approximate surface area is 124 Å². The number of carboxylic acids is 1. The van der Waals surface area contributed by atoms with Gasteiger partial charge in [0.1, 0.15) is 0 Å². The maximum atomic E-state index is 12.0. The molecule has 1 aromatic rings. The summed E-state index contributed by atoms with van der Waals surface area (Å²) in [7, 11) is 0. The number of hydrogen-bond donors (Lipinski definition) is 3. The lowest BCUT2D eigenvalue weighted by atomic mass is 10.0. The third-order valence-electron chi connectivity index (χ3n) is 3.55. The summed E-state index contributed by atoms with van der Waals surface area (Å²) in [5.74, 6) is -0.886. The van der Waals surface area contributed by atoms with Crippen molar-refractivity contribution in [2.24, 2.45) is 0 Å². The Kier molecular flexibility index (Phi) is 5.75. The van der Waals surface area contributed by atoms with E-state index in [1.807, 2.05) is 30.3 Å². The Hall–Kier alpha value is -1.88. The average molecular weight is 290 g/mol. The number of carboxylic acid groups (broad SMARTS) is 1. The van der Waals surface area contributed by atoms with E-state index < -0.39 is 5.97 Å². The first-order chi connectivity index (χ1) is 10.1. The van der Waals surface area contributed by atoms with E-state index in [4.69, 9.17) is 5.11 Å². The second-order valence-electron chi connectivity index (χ2n) is 5.44. The SMILES string of the molecule is O=C(O)CCC(NC(=O)CCNC1CC1)c1ccccc1. The van der Waals surface area contributed by atoms with E-state index in [0.717, 1.165) is 5.56 Å². The molecule has 0 saturated heterocycles. The fourth-order valence-corrected chi connectivity index (χ4v) is 2.22. The van der Waals surface area contributed by atoms with Crippen molar-refractivity contribution < 1.29 is 14.7 Å². The molecule has 1 amide bonds. The van der Waals surface area contributed by atoms with E-state index in [2.05, 4.69) is 10.6 Å². The summed E-state index contributed by atoms with van der Waals surface area (Å²) in [4.78, 5) is 22.7. The van der Waals surface area contributed by atoms with Crippen LogP contribution in [0.5, 0.6) is 0 Å². The van der Waals surface area contributed by atoms with E-state index in [-0.39, 0.29) is 18.4 Å². The molecule has 0 bridgehead atoms. The van der Waals surface area contributed by atoms with Crippen molar-refractivity contribution in [1.29, 1.82) is 0 Å². The van der Waals surface area contributed by atoms with E-state index in [9.17, 15) is 9.59 Å². The monoisotopic (exact) mass is 290 g/mol. The van der Waals surface area contributed by atoms with Crippen molar-refractivity contribution in [3.63, 3.8) is 0 Å². The molecule has 1 saturated carbocycles. The molecule has 1 aliphatic carbocycles. The van der Waals surface area contributed by atoms with Gasteiger partial charge in [-0.05, 0) is 24.8 Å². The molecule has 5 heteroatoms. The molecule has 1 unspecified atom stereocenters. The van der Waals surface area contributed by atoms with Gasteiger partial charge in [0.2, 0.25) is 5.91 Å². The molecule has 0 radical (unpaired) electrons. The van der Waals surface area contributed by atoms with Gasteiger partial charge < -0.3 is 15.7 Å².